The number of imide groups is 1. The normalized spacial score (nSPS) is 14.4. The molecule has 1 heterocycles. The van der Waals surface area contributed by atoms with Gasteiger partial charge in [-0.25, -0.2) is 0 Å². The fourth-order valence-corrected chi connectivity index (χ4v) is 3.21. The second-order valence-electron chi connectivity index (χ2n) is 3.89. The predicted octanol–water partition coefficient (Wildman–Crippen LogP) is 3.29. The van der Waals surface area contributed by atoms with Gasteiger partial charge >= 0.3 is 0 Å². The average molecular weight is 455 g/mol. The summed E-state index contributed by atoms with van der Waals surface area (Å²) in [5.41, 5.74) is 1.16. The zero-order chi connectivity index (χ0) is 12.6. The number of carbonyl (C=O) groups is 2. The van der Waals surface area contributed by atoms with Crippen molar-refractivity contribution in [1.29, 1.82) is 0 Å². The Labute approximate surface area is 127 Å². The van der Waals surface area contributed by atoms with Gasteiger partial charge in [0, 0.05) is 13.7 Å². The van der Waals surface area contributed by atoms with Crippen molar-refractivity contribution in [2.75, 3.05) is 6.54 Å². The second kappa shape index (κ2) is 5.21. The lowest BCUT2D eigenvalue weighted by atomic mass is 10.1. The molecule has 0 aromatic heterocycles. The summed E-state index contributed by atoms with van der Waals surface area (Å²) in [5.74, 6) is -0.275. The number of nitrogens with zero attached hydrogens (tertiary/aromatic N) is 1. The van der Waals surface area contributed by atoms with Crippen LogP contribution in [-0.4, -0.2) is 23.3 Å². The zero-order valence-electron chi connectivity index (χ0n) is 9.30. The average Bonchev–Trinajstić information content (AvgIpc) is 2.55. The minimum Gasteiger partial charge on any atom is -0.274 e. The van der Waals surface area contributed by atoms with E-state index in [0.29, 0.717) is 17.7 Å². The van der Waals surface area contributed by atoms with E-state index in [1.54, 1.807) is 0 Å². The van der Waals surface area contributed by atoms with Crippen LogP contribution >= 0.6 is 45.2 Å². The minimum absolute atomic E-state index is 0.138. The maximum Gasteiger partial charge on any atom is 0.262 e. The Hall–Kier alpha value is -0.180. The number of hydrogen-bond acceptors (Lipinski definition) is 2. The zero-order valence-corrected chi connectivity index (χ0v) is 13.6. The van der Waals surface area contributed by atoms with Gasteiger partial charge in [-0.1, -0.05) is 13.3 Å². The van der Waals surface area contributed by atoms with Gasteiger partial charge in [0.15, 0.2) is 0 Å². The van der Waals surface area contributed by atoms with E-state index in [2.05, 4.69) is 45.2 Å². The van der Waals surface area contributed by atoms with Crippen LogP contribution in [0, 0.1) is 7.14 Å². The largest absolute Gasteiger partial charge is 0.274 e. The first-order chi connectivity index (χ1) is 8.07. The highest BCUT2D eigenvalue weighted by Gasteiger charge is 2.38. The van der Waals surface area contributed by atoms with E-state index in [4.69, 9.17) is 0 Å². The van der Waals surface area contributed by atoms with Crippen LogP contribution in [0.25, 0.3) is 0 Å². The number of hydrogen-bond donors (Lipinski definition) is 0. The Morgan fingerprint density at radius 1 is 1.06 bits per heavy atom. The fourth-order valence-electron chi connectivity index (χ4n) is 1.85. The third kappa shape index (κ3) is 2.23. The molecule has 2 amide bonds. The molecule has 1 aromatic rings. The molecular weight excluding hydrogens is 444 g/mol. The molecule has 17 heavy (non-hydrogen) atoms. The molecule has 1 aliphatic rings. The molecule has 90 valence electrons. The van der Waals surface area contributed by atoms with E-state index < -0.39 is 0 Å². The number of benzene rings is 1. The molecule has 0 atom stereocenters. The van der Waals surface area contributed by atoms with Crippen LogP contribution in [0.5, 0.6) is 0 Å². The quantitative estimate of drug-likeness (QED) is 0.519. The first-order valence-corrected chi connectivity index (χ1v) is 7.57. The fraction of sp³-hybridized carbons (Fsp3) is 0.333. The molecule has 0 saturated carbocycles. The molecule has 2 rings (SSSR count). The smallest absolute Gasteiger partial charge is 0.262 e. The van der Waals surface area contributed by atoms with Crippen LogP contribution in [0.15, 0.2) is 12.1 Å². The molecular formula is C12H11I2NO2. The van der Waals surface area contributed by atoms with Gasteiger partial charge < -0.3 is 0 Å². The Bertz CT molecular complexity index is 459. The summed E-state index contributed by atoms with van der Waals surface area (Å²) in [4.78, 5) is 25.7. The van der Waals surface area contributed by atoms with Gasteiger partial charge in [0.2, 0.25) is 0 Å². The third-order valence-corrected chi connectivity index (χ3v) is 4.55. The van der Waals surface area contributed by atoms with Gasteiger partial charge in [-0.05, 0) is 63.7 Å². The minimum atomic E-state index is -0.138. The molecule has 0 bridgehead atoms. The maximum absolute atomic E-state index is 12.2. The van der Waals surface area contributed by atoms with Crippen molar-refractivity contribution in [2.45, 2.75) is 19.8 Å². The summed E-state index contributed by atoms with van der Waals surface area (Å²) in [7, 11) is 0. The molecule has 0 unspecified atom stereocenters. The van der Waals surface area contributed by atoms with Crippen molar-refractivity contribution in [3.8, 4) is 0 Å². The summed E-state index contributed by atoms with van der Waals surface area (Å²) >= 11 is 4.23. The van der Waals surface area contributed by atoms with Crippen LogP contribution in [0.1, 0.15) is 40.5 Å². The van der Waals surface area contributed by atoms with E-state index in [1.165, 1.54) is 4.90 Å². The van der Waals surface area contributed by atoms with Crippen LogP contribution < -0.4 is 0 Å². The molecule has 1 aliphatic heterocycles. The van der Waals surface area contributed by atoms with E-state index in [0.717, 1.165) is 20.0 Å². The maximum atomic E-state index is 12.2. The summed E-state index contributed by atoms with van der Waals surface area (Å²) in [6.07, 6.45) is 1.83. The highest BCUT2D eigenvalue weighted by molar-refractivity contribution is 14.1. The Morgan fingerprint density at radius 2 is 1.53 bits per heavy atom. The van der Waals surface area contributed by atoms with Gasteiger partial charge in [0.1, 0.15) is 0 Å². The van der Waals surface area contributed by atoms with Gasteiger partial charge in [-0.3, -0.25) is 14.5 Å². The van der Waals surface area contributed by atoms with Crippen LogP contribution in [-0.2, 0) is 0 Å². The highest BCUT2D eigenvalue weighted by Crippen LogP contribution is 2.30. The van der Waals surface area contributed by atoms with Crippen molar-refractivity contribution >= 4 is 57.0 Å². The van der Waals surface area contributed by atoms with E-state index in [9.17, 15) is 9.59 Å². The topological polar surface area (TPSA) is 37.4 Å². The summed E-state index contributed by atoms with van der Waals surface area (Å²) in [5, 5.41) is 0. The number of halogens is 2. The van der Waals surface area contributed by atoms with Gasteiger partial charge in [0.05, 0.1) is 11.1 Å². The van der Waals surface area contributed by atoms with Crippen molar-refractivity contribution in [3.63, 3.8) is 0 Å². The standard InChI is InChI=1S/C12H11I2NO2/c1-2-3-6-15-11(16)9-7(13)4-5-8(14)10(9)12(15)17/h4-5H,2-3,6H2,1H3. The lowest BCUT2D eigenvalue weighted by Crippen LogP contribution is -2.30. The molecule has 0 aliphatic carbocycles. The van der Waals surface area contributed by atoms with Crippen molar-refractivity contribution in [3.05, 3.63) is 30.4 Å². The first kappa shape index (κ1) is 13.3. The highest BCUT2D eigenvalue weighted by atomic mass is 127. The van der Waals surface area contributed by atoms with Gasteiger partial charge in [0.25, 0.3) is 11.8 Å². The molecule has 5 heteroatoms. The lowest BCUT2D eigenvalue weighted by Gasteiger charge is -2.12. The molecule has 0 N–H and O–H groups in total. The molecule has 0 fully saturated rings. The lowest BCUT2D eigenvalue weighted by molar-refractivity contribution is 0.0651. The monoisotopic (exact) mass is 455 g/mol. The van der Waals surface area contributed by atoms with Gasteiger partial charge in [-0.2, -0.15) is 0 Å². The van der Waals surface area contributed by atoms with Gasteiger partial charge in [-0.15, -0.1) is 0 Å². The molecule has 1 aromatic carbocycles. The molecule has 0 saturated heterocycles. The van der Waals surface area contributed by atoms with E-state index in [1.807, 2.05) is 19.1 Å². The summed E-state index contributed by atoms with van der Waals surface area (Å²) < 4.78 is 1.71. The Morgan fingerprint density at radius 3 is 1.94 bits per heavy atom. The second-order valence-corrected chi connectivity index (χ2v) is 6.22. The number of unbranched alkanes of at least 4 members (excludes halogenated alkanes) is 1. The number of carbonyl (C=O) groups excluding carboxylic acids is 2. The predicted molar refractivity (Wildman–Crippen MR) is 82.2 cm³/mol. The molecule has 3 nitrogen and oxygen atoms in total. The summed E-state index contributed by atoms with van der Waals surface area (Å²) in [6.45, 7) is 2.57. The van der Waals surface area contributed by atoms with Crippen LogP contribution in [0.2, 0.25) is 0 Å². The number of fused-ring (bicyclic) bond motifs is 1. The third-order valence-electron chi connectivity index (χ3n) is 2.76. The van der Waals surface area contributed by atoms with Crippen molar-refractivity contribution < 1.29 is 9.59 Å². The first-order valence-electron chi connectivity index (χ1n) is 5.42. The van der Waals surface area contributed by atoms with Crippen LogP contribution in [0.3, 0.4) is 0 Å². The van der Waals surface area contributed by atoms with Crippen molar-refractivity contribution in [2.24, 2.45) is 0 Å². The summed E-state index contributed by atoms with van der Waals surface area (Å²) in [6, 6.07) is 3.77. The van der Waals surface area contributed by atoms with Crippen molar-refractivity contribution in [1.82, 2.24) is 4.90 Å². The Balaban J connectivity index is 2.45. The Kier molecular flexibility index (Phi) is 4.06. The molecule has 0 radical (unpaired) electrons. The van der Waals surface area contributed by atoms with Crippen LogP contribution in [0.4, 0.5) is 0 Å². The van der Waals surface area contributed by atoms with E-state index >= 15 is 0 Å². The van der Waals surface area contributed by atoms with E-state index in [-0.39, 0.29) is 11.8 Å². The molecule has 0 spiro atoms. The number of amides is 2. The number of rotatable bonds is 3. The SMILES string of the molecule is CCCCN1C(=O)c2c(I)ccc(I)c2C1=O.